The third kappa shape index (κ3) is 4.72. The van der Waals surface area contributed by atoms with E-state index in [1.54, 1.807) is 12.5 Å². The number of aromatic nitrogens is 3. The zero-order valence-electron chi connectivity index (χ0n) is 19.9. The predicted octanol–water partition coefficient (Wildman–Crippen LogP) is 5.24. The molecule has 1 aliphatic heterocycles. The van der Waals surface area contributed by atoms with Gasteiger partial charge in [-0.25, -0.2) is 14.7 Å². The first-order valence-corrected chi connectivity index (χ1v) is 12.5. The van der Waals surface area contributed by atoms with Gasteiger partial charge in [0.2, 0.25) is 4.80 Å². The Kier molecular flexibility index (Phi) is 5.95. The number of hydrogen-bond donors (Lipinski definition) is 1. The van der Waals surface area contributed by atoms with Crippen molar-refractivity contribution in [3.05, 3.63) is 107 Å². The molecule has 182 valence electrons. The maximum absolute atomic E-state index is 11.9. The van der Waals surface area contributed by atoms with E-state index in [0.717, 1.165) is 38.7 Å². The van der Waals surface area contributed by atoms with Gasteiger partial charge in [-0.15, -0.1) is 11.3 Å². The summed E-state index contributed by atoms with van der Waals surface area (Å²) in [7, 11) is 0. The van der Waals surface area contributed by atoms with Gasteiger partial charge in [-0.3, -0.25) is 4.79 Å². The molecule has 37 heavy (non-hydrogen) atoms. The number of amides is 1. The fourth-order valence-corrected chi connectivity index (χ4v) is 4.87. The first kappa shape index (κ1) is 22.7. The summed E-state index contributed by atoms with van der Waals surface area (Å²) in [4.78, 5) is 21.6. The predicted molar refractivity (Wildman–Crippen MR) is 145 cm³/mol. The molecule has 3 aromatic carbocycles. The van der Waals surface area contributed by atoms with Crippen molar-refractivity contribution >= 4 is 34.3 Å². The number of carbonyl (C=O) groups is 1. The van der Waals surface area contributed by atoms with Crippen molar-refractivity contribution < 1.29 is 9.53 Å². The van der Waals surface area contributed by atoms with Gasteiger partial charge in [0.1, 0.15) is 5.75 Å². The number of benzene rings is 3. The van der Waals surface area contributed by atoms with Crippen LogP contribution in [0.3, 0.4) is 0 Å². The number of carbonyl (C=O) groups excluding carboxylic acids is 1. The monoisotopic (exact) mass is 506 g/mol. The lowest BCUT2D eigenvalue weighted by Gasteiger charge is -2.18. The van der Waals surface area contributed by atoms with Crippen molar-refractivity contribution in [3.63, 3.8) is 0 Å². The minimum absolute atomic E-state index is 0.0219. The normalized spacial score (nSPS) is 13.7. The third-order valence-electron chi connectivity index (χ3n) is 5.91. The molecule has 5 aromatic rings. The van der Waals surface area contributed by atoms with E-state index < -0.39 is 0 Å². The molecule has 1 amide bonds. The van der Waals surface area contributed by atoms with Crippen molar-refractivity contribution in [1.82, 2.24) is 14.2 Å². The summed E-state index contributed by atoms with van der Waals surface area (Å²) in [6.45, 7) is 2.00. The van der Waals surface area contributed by atoms with E-state index in [1.165, 1.54) is 11.3 Å². The van der Waals surface area contributed by atoms with Gasteiger partial charge < -0.3 is 14.6 Å². The van der Waals surface area contributed by atoms with Crippen molar-refractivity contribution in [2.24, 2.45) is 10.1 Å². The zero-order valence-corrected chi connectivity index (χ0v) is 20.7. The minimum Gasteiger partial charge on any atom is -0.482 e. The summed E-state index contributed by atoms with van der Waals surface area (Å²) in [5.74, 6) is 0.479. The Morgan fingerprint density at radius 3 is 2.70 bits per heavy atom. The molecular weight excluding hydrogens is 484 g/mol. The molecular formula is C28H22N6O2S. The van der Waals surface area contributed by atoms with Crippen LogP contribution in [0.4, 0.5) is 11.4 Å². The zero-order chi connectivity index (χ0) is 25.2. The van der Waals surface area contributed by atoms with Crippen LogP contribution in [0.2, 0.25) is 0 Å². The average molecular weight is 507 g/mol. The maximum Gasteiger partial charge on any atom is 0.262 e. The number of para-hydroxylation sites is 1. The standard InChI is InChI=1S/C28H22N6O2S/c1-19(20-7-10-23(11-8-20)33-14-13-29-18-33)32-34-25(17-37-28(34)30-22-5-3-2-4-6-22)21-9-12-26-24(15-21)31-27(35)16-36-26/h2-15,17-18H,16H2,1H3,(H,31,35). The number of fused-ring (bicyclic) bond motifs is 1. The third-order valence-corrected chi connectivity index (χ3v) is 6.73. The van der Waals surface area contributed by atoms with E-state index in [1.807, 2.05) is 101 Å². The Labute approximate surface area is 216 Å². The number of rotatable bonds is 5. The maximum atomic E-state index is 11.9. The smallest absolute Gasteiger partial charge is 0.262 e. The van der Waals surface area contributed by atoms with E-state index >= 15 is 0 Å². The molecule has 0 radical (unpaired) electrons. The van der Waals surface area contributed by atoms with Crippen LogP contribution in [0, 0.1) is 0 Å². The Morgan fingerprint density at radius 1 is 1.08 bits per heavy atom. The number of imidazole rings is 1. The lowest BCUT2D eigenvalue weighted by atomic mass is 10.1. The molecule has 0 bridgehead atoms. The van der Waals surface area contributed by atoms with Gasteiger partial charge in [0, 0.05) is 29.0 Å². The van der Waals surface area contributed by atoms with Gasteiger partial charge in [-0.1, -0.05) is 30.3 Å². The van der Waals surface area contributed by atoms with Crippen LogP contribution in [0.5, 0.6) is 5.75 Å². The van der Waals surface area contributed by atoms with Crippen molar-refractivity contribution in [2.75, 3.05) is 11.9 Å². The molecule has 1 aliphatic rings. The van der Waals surface area contributed by atoms with Crippen molar-refractivity contribution in [3.8, 4) is 22.7 Å². The van der Waals surface area contributed by atoms with Crippen LogP contribution in [0.1, 0.15) is 12.5 Å². The van der Waals surface area contributed by atoms with Crippen LogP contribution in [-0.4, -0.2) is 32.5 Å². The molecule has 1 N–H and O–H groups in total. The second-order valence-electron chi connectivity index (χ2n) is 8.41. The van der Waals surface area contributed by atoms with E-state index in [4.69, 9.17) is 14.8 Å². The first-order valence-electron chi connectivity index (χ1n) is 11.7. The Morgan fingerprint density at radius 2 is 1.92 bits per heavy atom. The van der Waals surface area contributed by atoms with Gasteiger partial charge in [0.15, 0.2) is 6.61 Å². The van der Waals surface area contributed by atoms with Crippen molar-refractivity contribution in [1.29, 1.82) is 0 Å². The highest BCUT2D eigenvalue weighted by molar-refractivity contribution is 7.07. The summed E-state index contributed by atoms with van der Waals surface area (Å²) in [6, 6.07) is 23.7. The van der Waals surface area contributed by atoms with Crippen LogP contribution in [0.15, 0.2) is 107 Å². The fraction of sp³-hybridized carbons (Fsp3) is 0.0714. The summed E-state index contributed by atoms with van der Waals surface area (Å²) >= 11 is 1.50. The number of hydrogen-bond acceptors (Lipinski definition) is 6. The molecule has 0 aliphatic carbocycles. The van der Waals surface area contributed by atoms with E-state index in [-0.39, 0.29) is 12.5 Å². The molecule has 6 rings (SSSR count). The Balaban J connectivity index is 1.44. The molecule has 0 atom stereocenters. The number of nitrogens with zero attached hydrogens (tertiary/aromatic N) is 5. The quantitative estimate of drug-likeness (QED) is 0.331. The Hall–Kier alpha value is -4.76. The summed E-state index contributed by atoms with van der Waals surface area (Å²) in [6.07, 6.45) is 5.44. The SMILES string of the molecule is CC(=Nn1c(-c2ccc3c(c2)NC(=O)CO3)csc1=Nc1ccccc1)c1ccc(-n2ccnc2)cc1. The number of ether oxygens (including phenoxy) is 1. The second kappa shape index (κ2) is 9.71. The van der Waals surface area contributed by atoms with Gasteiger partial charge >= 0.3 is 0 Å². The summed E-state index contributed by atoms with van der Waals surface area (Å²) in [5, 5.41) is 9.90. The highest BCUT2D eigenvalue weighted by Gasteiger charge is 2.18. The molecule has 2 aromatic heterocycles. The lowest BCUT2D eigenvalue weighted by molar-refractivity contribution is -0.118. The number of anilines is 1. The highest BCUT2D eigenvalue weighted by Crippen LogP contribution is 2.33. The van der Waals surface area contributed by atoms with Crippen LogP contribution in [-0.2, 0) is 4.79 Å². The molecule has 0 saturated carbocycles. The number of thiazole rings is 1. The molecule has 0 saturated heterocycles. The minimum atomic E-state index is -0.171. The Bertz CT molecular complexity index is 1670. The largest absolute Gasteiger partial charge is 0.482 e. The molecule has 9 heteroatoms. The van der Waals surface area contributed by atoms with E-state index in [0.29, 0.717) is 11.4 Å². The average Bonchev–Trinajstić information content (AvgIpc) is 3.60. The second-order valence-corrected chi connectivity index (χ2v) is 9.25. The summed E-state index contributed by atoms with van der Waals surface area (Å²) in [5.41, 5.74) is 6.08. The number of nitrogens with one attached hydrogen (secondary N) is 1. The van der Waals surface area contributed by atoms with E-state index in [2.05, 4.69) is 10.3 Å². The van der Waals surface area contributed by atoms with Gasteiger partial charge in [-0.2, -0.15) is 5.10 Å². The highest BCUT2D eigenvalue weighted by atomic mass is 32.1. The lowest BCUT2D eigenvalue weighted by Crippen LogP contribution is -2.25. The summed E-state index contributed by atoms with van der Waals surface area (Å²) < 4.78 is 9.34. The first-order chi connectivity index (χ1) is 18.1. The molecule has 8 nitrogen and oxygen atoms in total. The fourth-order valence-electron chi connectivity index (χ4n) is 4.02. The van der Waals surface area contributed by atoms with Crippen LogP contribution < -0.4 is 14.9 Å². The van der Waals surface area contributed by atoms with Crippen molar-refractivity contribution in [2.45, 2.75) is 6.92 Å². The van der Waals surface area contributed by atoms with Crippen LogP contribution in [0.25, 0.3) is 16.9 Å². The molecule has 0 unspecified atom stereocenters. The van der Waals surface area contributed by atoms with Gasteiger partial charge in [-0.05, 0) is 55.0 Å². The van der Waals surface area contributed by atoms with Crippen LogP contribution >= 0.6 is 11.3 Å². The molecule has 0 spiro atoms. The molecule has 3 heterocycles. The van der Waals surface area contributed by atoms with Gasteiger partial charge in [0.05, 0.1) is 29.1 Å². The topological polar surface area (TPSA) is 85.8 Å². The van der Waals surface area contributed by atoms with E-state index in [9.17, 15) is 4.79 Å². The van der Waals surface area contributed by atoms with Gasteiger partial charge in [0.25, 0.3) is 5.91 Å². The molecule has 0 fully saturated rings.